The van der Waals surface area contributed by atoms with Gasteiger partial charge in [0.1, 0.15) is 11.5 Å². The lowest BCUT2D eigenvalue weighted by Crippen LogP contribution is -2.32. The number of aliphatic hydroxyl groups is 1. The van der Waals surface area contributed by atoms with E-state index in [2.05, 4.69) is 20.8 Å². The lowest BCUT2D eigenvalue weighted by atomic mass is 9.84. The van der Waals surface area contributed by atoms with Gasteiger partial charge in [-0.3, -0.25) is 9.59 Å². The van der Waals surface area contributed by atoms with Crippen molar-refractivity contribution in [1.82, 2.24) is 9.47 Å². The average molecular weight is 491 g/mol. The summed E-state index contributed by atoms with van der Waals surface area (Å²) in [5.74, 6) is -0.811. The van der Waals surface area contributed by atoms with Crippen LogP contribution in [0, 0.1) is 0 Å². The quantitative estimate of drug-likeness (QED) is 0.288. The number of carbonyl (C=O) groups is 2. The monoisotopic (exact) mass is 490 g/mol. The predicted molar refractivity (Wildman–Crippen MR) is 140 cm³/mol. The van der Waals surface area contributed by atoms with Gasteiger partial charge in [0, 0.05) is 54.5 Å². The molecule has 0 saturated carbocycles. The third kappa shape index (κ3) is 4.39. The van der Waals surface area contributed by atoms with Crippen molar-refractivity contribution in [2.75, 3.05) is 26.9 Å². The molecule has 7 nitrogen and oxygen atoms in total. The van der Waals surface area contributed by atoms with Crippen molar-refractivity contribution in [3.05, 3.63) is 70.9 Å². The number of methoxy groups -OCH3 is 1. The third-order valence-electron chi connectivity index (χ3n) is 6.66. The minimum Gasteiger partial charge on any atom is -0.507 e. The molecule has 1 amide bonds. The average Bonchev–Trinajstić information content (AvgIpc) is 3.30. The van der Waals surface area contributed by atoms with Gasteiger partial charge in [-0.2, -0.15) is 0 Å². The number of Topliss-reactive ketones (excluding diaryl/α,β-unsaturated/α-hetero) is 1. The molecule has 1 atom stereocenters. The number of amides is 1. The van der Waals surface area contributed by atoms with E-state index in [0.717, 1.165) is 27.8 Å². The van der Waals surface area contributed by atoms with Crippen LogP contribution in [-0.2, 0) is 26.8 Å². The fourth-order valence-electron chi connectivity index (χ4n) is 4.91. The van der Waals surface area contributed by atoms with Crippen molar-refractivity contribution >= 4 is 28.4 Å². The Morgan fingerprint density at radius 1 is 1.11 bits per heavy atom. The van der Waals surface area contributed by atoms with E-state index in [0.29, 0.717) is 12.2 Å². The number of para-hydroxylation sites is 1. The van der Waals surface area contributed by atoms with Gasteiger partial charge in [0.25, 0.3) is 11.7 Å². The second kappa shape index (κ2) is 9.82. The van der Waals surface area contributed by atoms with E-state index in [9.17, 15) is 14.7 Å². The zero-order chi connectivity index (χ0) is 26.2. The summed E-state index contributed by atoms with van der Waals surface area (Å²) in [6.45, 7) is 9.12. The molecule has 1 N–H and O–H groups in total. The number of ketones is 1. The Kier molecular flexibility index (Phi) is 6.96. The SMILES string of the molecule is CCOc1ccc(/C(O)=C2\C(=O)C(=O)N(CCOC)C2c2cn(C)c3ccccc23)cc1C(C)(C)C. The van der Waals surface area contributed by atoms with Crippen LogP contribution in [0.5, 0.6) is 5.75 Å². The highest BCUT2D eigenvalue weighted by molar-refractivity contribution is 6.46. The van der Waals surface area contributed by atoms with Gasteiger partial charge in [-0.1, -0.05) is 39.0 Å². The minimum absolute atomic E-state index is 0.0801. The first-order chi connectivity index (χ1) is 17.1. The normalized spacial score (nSPS) is 17.8. The maximum absolute atomic E-state index is 13.4. The summed E-state index contributed by atoms with van der Waals surface area (Å²) >= 11 is 0. The number of aryl methyl sites for hydroxylation is 1. The molecule has 1 saturated heterocycles. The zero-order valence-corrected chi connectivity index (χ0v) is 21.8. The first-order valence-electron chi connectivity index (χ1n) is 12.2. The highest BCUT2D eigenvalue weighted by Crippen LogP contribution is 2.43. The van der Waals surface area contributed by atoms with E-state index in [1.807, 2.05) is 61.1 Å². The Balaban J connectivity index is 1.95. The molecule has 7 heteroatoms. The number of nitrogens with zero attached hydrogens (tertiary/aromatic N) is 2. The van der Waals surface area contributed by atoms with Crippen LogP contribution in [0.2, 0.25) is 0 Å². The van der Waals surface area contributed by atoms with Gasteiger partial charge >= 0.3 is 0 Å². The van der Waals surface area contributed by atoms with Crippen LogP contribution < -0.4 is 4.74 Å². The Morgan fingerprint density at radius 3 is 2.50 bits per heavy atom. The number of carbonyl (C=O) groups excluding carboxylic acids is 2. The summed E-state index contributed by atoms with van der Waals surface area (Å²) in [5, 5.41) is 12.5. The van der Waals surface area contributed by atoms with E-state index in [4.69, 9.17) is 9.47 Å². The summed E-state index contributed by atoms with van der Waals surface area (Å²) in [5.41, 5.74) is 2.95. The molecular formula is C29H34N2O5. The maximum atomic E-state index is 13.4. The van der Waals surface area contributed by atoms with Crippen LogP contribution >= 0.6 is 0 Å². The van der Waals surface area contributed by atoms with Gasteiger partial charge in [-0.15, -0.1) is 0 Å². The molecule has 1 fully saturated rings. The number of likely N-dealkylation sites (tertiary alicyclic amines) is 1. The maximum Gasteiger partial charge on any atom is 0.295 e. The van der Waals surface area contributed by atoms with E-state index < -0.39 is 17.7 Å². The van der Waals surface area contributed by atoms with Crippen molar-refractivity contribution in [2.45, 2.75) is 39.2 Å². The molecule has 0 spiro atoms. The molecule has 36 heavy (non-hydrogen) atoms. The van der Waals surface area contributed by atoms with Crippen LogP contribution in [0.25, 0.3) is 16.7 Å². The molecule has 4 rings (SSSR count). The van der Waals surface area contributed by atoms with E-state index in [1.54, 1.807) is 13.2 Å². The Bertz CT molecular complexity index is 1350. The molecule has 190 valence electrons. The summed E-state index contributed by atoms with van der Waals surface area (Å²) in [4.78, 5) is 28.1. The van der Waals surface area contributed by atoms with Gasteiger partial charge in [0.2, 0.25) is 0 Å². The molecule has 1 unspecified atom stereocenters. The van der Waals surface area contributed by atoms with E-state index in [1.165, 1.54) is 4.90 Å². The van der Waals surface area contributed by atoms with Gasteiger partial charge in [0.15, 0.2) is 0 Å². The fourth-order valence-corrected chi connectivity index (χ4v) is 4.91. The van der Waals surface area contributed by atoms with Crippen LogP contribution in [-0.4, -0.2) is 53.1 Å². The number of hydrogen-bond donors (Lipinski definition) is 1. The highest BCUT2D eigenvalue weighted by atomic mass is 16.5. The molecule has 0 radical (unpaired) electrons. The molecular weight excluding hydrogens is 456 g/mol. The van der Waals surface area contributed by atoms with Gasteiger partial charge < -0.3 is 24.0 Å². The highest BCUT2D eigenvalue weighted by Gasteiger charge is 2.47. The molecule has 0 aliphatic carbocycles. The number of hydrogen-bond acceptors (Lipinski definition) is 5. The lowest BCUT2D eigenvalue weighted by Gasteiger charge is -2.25. The second-order valence-corrected chi connectivity index (χ2v) is 10.1. The first kappa shape index (κ1) is 25.5. The summed E-state index contributed by atoms with van der Waals surface area (Å²) in [6.07, 6.45) is 1.92. The van der Waals surface area contributed by atoms with Crippen LogP contribution in [0.4, 0.5) is 0 Å². The second-order valence-electron chi connectivity index (χ2n) is 10.1. The van der Waals surface area contributed by atoms with Gasteiger partial charge in [0.05, 0.1) is 24.8 Å². The molecule has 2 aromatic carbocycles. The molecule has 1 aliphatic heterocycles. The number of rotatable bonds is 7. The Labute approximate surface area is 211 Å². The van der Waals surface area contributed by atoms with Crippen molar-refractivity contribution in [3.8, 4) is 5.75 Å². The number of ether oxygens (including phenoxy) is 2. The number of benzene rings is 2. The fraction of sp³-hybridized carbons (Fsp3) is 0.379. The lowest BCUT2D eigenvalue weighted by molar-refractivity contribution is -0.140. The van der Waals surface area contributed by atoms with Crippen LogP contribution in [0.1, 0.15) is 50.4 Å². The van der Waals surface area contributed by atoms with E-state index in [-0.39, 0.29) is 29.9 Å². The first-order valence-corrected chi connectivity index (χ1v) is 12.2. The summed E-state index contributed by atoms with van der Waals surface area (Å²) in [6, 6.07) is 12.5. The largest absolute Gasteiger partial charge is 0.507 e. The smallest absolute Gasteiger partial charge is 0.295 e. The minimum atomic E-state index is -0.740. The Hall–Kier alpha value is -3.58. The molecule has 1 aromatic heterocycles. The van der Waals surface area contributed by atoms with Crippen LogP contribution in [0.3, 0.4) is 0 Å². The van der Waals surface area contributed by atoms with Gasteiger partial charge in [-0.05, 0) is 36.6 Å². The molecule has 0 bridgehead atoms. The van der Waals surface area contributed by atoms with Crippen molar-refractivity contribution in [3.63, 3.8) is 0 Å². The molecule has 1 aliphatic rings. The van der Waals surface area contributed by atoms with Crippen molar-refractivity contribution in [1.29, 1.82) is 0 Å². The summed E-state index contributed by atoms with van der Waals surface area (Å²) in [7, 11) is 3.48. The van der Waals surface area contributed by atoms with Crippen molar-refractivity contribution < 1.29 is 24.2 Å². The Morgan fingerprint density at radius 2 is 1.83 bits per heavy atom. The van der Waals surface area contributed by atoms with E-state index >= 15 is 0 Å². The molecule has 3 aromatic rings. The summed E-state index contributed by atoms with van der Waals surface area (Å²) < 4.78 is 13.0. The zero-order valence-electron chi connectivity index (χ0n) is 21.8. The number of fused-ring (bicyclic) bond motifs is 1. The van der Waals surface area contributed by atoms with Crippen LogP contribution in [0.15, 0.2) is 54.2 Å². The van der Waals surface area contributed by atoms with Gasteiger partial charge in [-0.25, -0.2) is 0 Å². The van der Waals surface area contributed by atoms with Crippen molar-refractivity contribution in [2.24, 2.45) is 7.05 Å². The number of aromatic nitrogens is 1. The predicted octanol–water partition coefficient (Wildman–Crippen LogP) is 4.94. The topological polar surface area (TPSA) is 81.0 Å². The molecule has 2 heterocycles. The number of aliphatic hydroxyl groups excluding tert-OH is 1. The third-order valence-corrected chi connectivity index (χ3v) is 6.66. The standard InChI is InChI=1S/C29H34N2O5/c1-7-36-23-13-12-18(16-21(23)29(2,3)4)26(32)24-25(31(14-15-35-6)28(34)27(24)33)20-17-30(5)22-11-9-8-10-19(20)22/h8-13,16-17,25,32H,7,14-15H2,1-6H3/b26-24+.